The van der Waals surface area contributed by atoms with Crippen LogP contribution in [-0.4, -0.2) is 19.1 Å². The van der Waals surface area contributed by atoms with E-state index in [1.165, 1.54) is 21.8 Å². The lowest BCUT2D eigenvalue weighted by Crippen LogP contribution is -2.03. The molecule has 12 rings (SSSR count). The van der Waals surface area contributed by atoms with E-state index in [1.807, 2.05) is 24.3 Å². The molecule has 0 saturated carbocycles. The molecular formula is C50H30N4O. The number of fused-ring (bicyclic) bond motifs is 11. The Morgan fingerprint density at radius 2 is 1.00 bits per heavy atom. The molecule has 0 bridgehead atoms. The SMILES string of the molecule is c1ccc(-c2nc(-n3c4ccc(-c5ccc6c(c5)c5ccccc5n6-c5ccccc5)cc4c4c5oc6ccccc6c5ccc43)nc3ccccc23)cc1. The van der Waals surface area contributed by atoms with Crippen molar-refractivity contribution in [1.29, 1.82) is 0 Å². The third-order valence-electron chi connectivity index (χ3n) is 11.1. The second-order valence-electron chi connectivity index (χ2n) is 14.2. The van der Waals surface area contributed by atoms with Crippen LogP contribution in [0.4, 0.5) is 0 Å². The molecule has 0 spiro atoms. The summed E-state index contributed by atoms with van der Waals surface area (Å²) < 4.78 is 11.3. The Morgan fingerprint density at radius 3 is 1.82 bits per heavy atom. The summed E-state index contributed by atoms with van der Waals surface area (Å²) in [4.78, 5) is 10.5. The summed E-state index contributed by atoms with van der Waals surface area (Å²) >= 11 is 0. The Kier molecular flexibility index (Phi) is 6.27. The zero-order valence-electron chi connectivity index (χ0n) is 29.5. The monoisotopic (exact) mass is 702 g/mol. The van der Waals surface area contributed by atoms with Crippen LogP contribution in [0.3, 0.4) is 0 Å². The van der Waals surface area contributed by atoms with Crippen LogP contribution in [0.2, 0.25) is 0 Å². The Hall–Kier alpha value is -7.50. The van der Waals surface area contributed by atoms with Gasteiger partial charge in [-0.3, -0.25) is 4.57 Å². The molecule has 0 atom stereocenters. The smallest absolute Gasteiger partial charge is 0.235 e. The Bertz CT molecular complexity index is 3480. The van der Waals surface area contributed by atoms with Gasteiger partial charge in [0.05, 0.1) is 38.7 Å². The minimum atomic E-state index is 0.621. The van der Waals surface area contributed by atoms with Crippen LogP contribution in [0.25, 0.3) is 110 Å². The molecule has 55 heavy (non-hydrogen) atoms. The fourth-order valence-corrected chi connectivity index (χ4v) is 8.67. The van der Waals surface area contributed by atoms with Crippen molar-refractivity contribution in [3.05, 3.63) is 182 Å². The molecule has 0 radical (unpaired) electrons. The van der Waals surface area contributed by atoms with Crippen molar-refractivity contribution in [2.75, 3.05) is 0 Å². The first-order valence-corrected chi connectivity index (χ1v) is 18.6. The van der Waals surface area contributed by atoms with Gasteiger partial charge >= 0.3 is 0 Å². The minimum Gasteiger partial charge on any atom is -0.455 e. The molecule has 0 aliphatic heterocycles. The molecule has 0 N–H and O–H groups in total. The van der Waals surface area contributed by atoms with Gasteiger partial charge in [-0.2, -0.15) is 0 Å². The van der Waals surface area contributed by atoms with Crippen LogP contribution in [0.15, 0.2) is 186 Å². The van der Waals surface area contributed by atoms with Gasteiger partial charge in [0.1, 0.15) is 11.2 Å². The normalized spacial score (nSPS) is 12.0. The fourth-order valence-electron chi connectivity index (χ4n) is 8.67. The van der Waals surface area contributed by atoms with Gasteiger partial charge in [-0.15, -0.1) is 0 Å². The number of furan rings is 1. The molecule has 0 amide bonds. The highest BCUT2D eigenvalue weighted by Gasteiger charge is 2.22. The largest absolute Gasteiger partial charge is 0.455 e. The van der Waals surface area contributed by atoms with Crippen molar-refractivity contribution in [2.45, 2.75) is 0 Å². The van der Waals surface area contributed by atoms with Gasteiger partial charge in [0.15, 0.2) is 0 Å². The van der Waals surface area contributed by atoms with Crippen molar-refractivity contribution in [3.63, 3.8) is 0 Å². The van der Waals surface area contributed by atoms with Gasteiger partial charge in [0, 0.05) is 43.6 Å². The molecule has 4 aromatic heterocycles. The van der Waals surface area contributed by atoms with Crippen LogP contribution < -0.4 is 0 Å². The quantitative estimate of drug-likeness (QED) is 0.183. The summed E-state index contributed by atoms with van der Waals surface area (Å²) in [6.45, 7) is 0. The van der Waals surface area contributed by atoms with Crippen LogP contribution >= 0.6 is 0 Å². The second kappa shape index (κ2) is 11.5. The fraction of sp³-hybridized carbons (Fsp3) is 0. The first kappa shape index (κ1) is 30.0. The number of aromatic nitrogens is 4. The summed E-state index contributed by atoms with van der Waals surface area (Å²) in [5.74, 6) is 0.621. The zero-order chi connectivity index (χ0) is 36.0. The van der Waals surface area contributed by atoms with E-state index in [1.54, 1.807) is 0 Å². The number of hydrogen-bond donors (Lipinski definition) is 0. The van der Waals surface area contributed by atoms with Gasteiger partial charge in [-0.25, -0.2) is 9.97 Å². The molecule has 12 aromatic rings. The maximum absolute atomic E-state index is 6.73. The van der Waals surface area contributed by atoms with Gasteiger partial charge in [-0.05, 0) is 77.9 Å². The first-order valence-electron chi connectivity index (χ1n) is 18.6. The van der Waals surface area contributed by atoms with E-state index in [9.17, 15) is 0 Å². The number of benzene rings is 8. The van der Waals surface area contributed by atoms with Crippen LogP contribution in [0, 0.1) is 0 Å². The van der Waals surface area contributed by atoms with E-state index in [0.29, 0.717) is 5.95 Å². The third-order valence-corrected chi connectivity index (χ3v) is 11.1. The van der Waals surface area contributed by atoms with Crippen LogP contribution in [0.5, 0.6) is 0 Å². The zero-order valence-corrected chi connectivity index (χ0v) is 29.5. The van der Waals surface area contributed by atoms with E-state index in [4.69, 9.17) is 14.4 Å². The summed E-state index contributed by atoms with van der Waals surface area (Å²) in [5, 5.41) is 7.79. The van der Waals surface area contributed by atoms with Crippen molar-refractivity contribution in [1.82, 2.24) is 19.1 Å². The number of hydrogen-bond acceptors (Lipinski definition) is 3. The number of rotatable bonds is 4. The molecule has 8 aromatic carbocycles. The lowest BCUT2D eigenvalue weighted by atomic mass is 10.00. The average Bonchev–Trinajstić information content (AvgIpc) is 3.91. The predicted octanol–water partition coefficient (Wildman–Crippen LogP) is 13.1. The van der Waals surface area contributed by atoms with E-state index >= 15 is 0 Å². The summed E-state index contributed by atoms with van der Waals surface area (Å²) in [7, 11) is 0. The maximum atomic E-state index is 6.73. The van der Waals surface area contributed by atoms with Gasteiger partial charge in [0.25, 0.3) is 0 Å². The molecule has 0 aliphatic carbocycles. The lowest BCUT2D eigenvalue weighted by molar-refractivity contribution is 0.673. The topological polar surface area (TPSA) is 48.8 Å². The van der Waals surface area contributed by atoms with Gasteiger partial charge in [-0.1, -0.05) is 115 Å². The molecule has 4 heterocycles. The maximum Gasteiger partial charge on any atom is 0.235 e. The molecule has 0 fully saturated rings. The van der Waals surface area contributed by atoms with Gasteiger partial charge < -0.3 is 8.98 Å². The van der Waals surface area contributed by atoms with E-state index in [2.05, 4.69) is 167 Å². The van der Waals surface area contributed by atoms with Crippen molar-refractivity contribution >= 4 is 76.5 Å². The van der Waals surface area contributed by atoms with Crippen LogP contribution in [-0.2, 0) is 0 Å². The molecule has 0 saturated heterocycles. The highest BCUT2D eigenvalue weighted by molar-refractivity contribution is 6.24. The lowest BCUT2D eigenvalue weighted by Gasteiger charge is -2.12. The summed E-state index contributed by atoms with van der Waals surface area (Å²) in [6, 6.07) is 64.2. The number of para-hydroxylation sites is 4. The predicted molar refractivity (Wildman–Crippen MR) is 226 cm³/mol. The van der Waals surface area contributed by atoms with Crippen LogP contribution in [0.1, 0.15) is 0 Å². The summed E-state index contributed by atoms with van der Waals surface area (Å²) in [6.07, 6.45) is 0. The molecule has 5 nitrogen and oxygen atoms in total. The Morgan fingerprint density at radius 1 is 0.382 bits per heavy atom. The highest BCUT2D eigenvalue weighted by atomic mass is 16.3. The first-order chi connectivity index (χ1) is 27.3. The van der Waals surface area contributed by atoms with Crippen molar-refractivity contribution in [3.8, 4) is 34.0 Å². The Labute approximate surface area is 315 Å². The van der Waals surface area contributed by atoms with E-state index in [-0.39, 0.29) is 0 Å². The van der Waals surface area contributed by atoms with E-state index < -0.39 is 0 Å². The molecule has 256 valence electrons. The average molecular weight is 703 g/mol. The van der Waals surface area contributed by atoms with Gasteiger partial charge in [0.2, 0.25) is 5.95 Å². The number of nitrogens with zero attached hydrogens (tertiary/aromatic N) is 4. The molecule has 5 heteroatoms. The van der Waals surface area contributed by atoms with E-state index in [0.717, 1.165) is 82.7 Å². The van der Waals surface area contributed by atoms with Crippen molar-refractivity contribution < 1.29 is 4.42 Å². The molecular weight excluding hydrogens is 673 g/mol. The molecule has 0 aliphatic rings. The molecule has 0 unspecified atom stereocenters. The minimum absolute atomic E-state index is 0.621. The highest BCUT2D eigenvalue weighted by Crippen LogP contribution is 2.43. The summed E-state index contributed by atoms with van der Waals surface area (Å²) in [5.41, 5.74) is 12.4. The standard InChI is InChI=1S/C50H30N4O/c1-3-13-31(14-4-1)48-38-19-7-10-20-41(38)51-50(52-48)54-44-27-24-33(30-40(44)47-45(54)28-25-37-36-18-9-12-22-46(36)55-49(37)47)32-23-26-43-39(29-32)35-17-8-11-21-42(35)53(43)34-15-5-2-6-16-34/h1-30H. The Balaban J connectivity index is 1.14. The third kappa shape index (κ3) is 4.41. The van der Waals surface area contributed by atoms with Crippen molar-refractivity contribution in [2.24, 2.45) is 0 Å². The second-order valence-corrected chi connectivity index (χ2v) is 14.2.